The Bertz CT molecular complexity index is 585. The molecule has 2 N–H and O–H groups in total. The van der Waals surface area contributed by atoms with E-state index in [2.05, 4.69) is 10.3 Å². The molecule has 1 unspecified atom stereocenters. The third-order valence-corrected chi connectivity index (χ3v) is 3.65. The topological polar surface area (TPSA) is 62.2 Å². The van der Waals surface area contributed by atoms with Crippen LogP contribution in [0, 0.1) is 13.8 Å². The number of aliphatic hydroxyl groups is 1. The van der Waals surface area contributed by atoms with E-state index >= 15 is 0 Å². The SMILES string of the molecule is Cc1cccc(C)c1C(=O)Nc1nc(C(C)O)cs1. The molecule has 1 atom stereocenters. The number of benzene rings is 1. The van der Waals surface area contributed by atoms with E-state index in [4.69, 9.17) is 0 Å². The molecule has 1 heterocycles. The van der Waals surface area contributed by atoms with Crippen molar-refractivity contribution in [3.05, 3.63) is 46.0 Å². The smallest absolute Gasteiger partial charge is 0.257 e. The van der Waals surface area contributed by atoms with Gasteiger partial charge < -0.3 is 5.11 Å². The zero-order chi connectivity index (χ0) is 14.0. The average Bonchev–Trinajstić information content (AvgIpc) is 2.77. The predicted octanol–water partition coefficient (Wildman–Crippen LogP) is 3.07. The molecular weight excluding hydrogens is 260 g/mol. The molecule has 0 aliphatic heterocycles. The minimum atomic E-state index is -0.623. The van der Waals surface area contributed by atoms with E-state index in [1.165, 1.54) is 11.3 Å². The van der Waals surface area contributed by atoms with Crippen molar-refractivity contribution in [1.29, 1.82) is 0 Å². The van der Waals surface area contributed by atoms with Crippen molar-refractivity contribution in [3.8, 4) is 0 Å². The van der Waals surface area contributed by atoms with Crippen molar-refractivity contribution >= 4 is 22.4 Å². The van der Waals surface area contributed by atoms with E-state index < -0.39 is 6.10 Å². The molecule has 1 aromatic carbocycles. The number of carbonyl (C=O) groups excluding carboxylic acids is 1. The lowest BCUT2D eigenvalue weighted by molar-refractivity contribution is 0.102. The molecule has 19 heavy (non-hydrogen) atoms. The first kappa shape index (κ1) is 13.7. The van der Waals surface area contributed by atoms with E-state index in [1.54, 1.807) is 12.3 Å². The van der Waals surface area contributed by atoms with Gasteiger partial charge in [0.05, 0.1) is 11.8 Å². The summed E-state index contributed by atoms with van der Waals surface area (Å²) in [7, 11) is 0. The van der Waals surface area contributed by atoms with Crippen LogP contribution in [0.3, 0.4) is 0 Å². The Hall–Kier alpha value is -1.72. The summed E-state index contributed by atoms with van der Waals surface area (Å²) in [6.07, 6.45) is -0.623. The normalized spacial score (nSPS) is 12.2. The van der Waals surface area contributed by atoms with Gasteiger partial charge in [-0.1, -0.05) is 18.2 Å². The largest absolute Gasteiger partial charge is 0.387 e. The molecule has 1 aromatic heterocycles. The quantitative estimate of drug-likeness (QED) is 0.905. The number of anilines is 1. The molecule has 100 valence electrons. The number of carbonyl (C=O) groups is 1. The summed E-state index contributed by atoms with van der Waals surface area (Å²) in [5, 5.41) is 14.4. The molecule has 0 saturated heterocycles. The van der Waals surface area contributed by atoms with Crippen LogP contribution in [0.1, 0.15) is 40.2 Å². The first-order chi connectivity index (χ1) is 8.99. The molecule has 2 rings (SSSR count). The third-order valence-electron chi connectivity index (χ3n) is 2.88. The van der Waals surface area contributed by atoms with Gasteiger partial charge in [-0.25, -0.2) is 4.98 Å². The van der Waals surface area contributed by atoms with Crippen LogP contribution in [0.5, 0.6) is 0 Å². The Morgan fingerprint density at radius 2 is 2.00 bits per heavy atom. The Morgan fingerprint density at radius 3 is 2.53 bits per heavy atom. The predicted molar refractivity (Wildman–Crippen MR) is 76.6 cm³/mol. The number of amides is 1. The summed E-state index contributed by atoms with van der Waals surface area (Å²) in [4.78, 5) is 16.4. The van der Waals surface area contributed by atoms with Crippen molar-refractivity contribution in [1.82, 2.24) is 4.98 Å². The van der Waals surface area contributed by atoms with Crippen molar-refractivity contribution in [2.24, 2.45) is 0 Å². The average molecular weight is 276 g/mol. The van der Waals surface area contributed by atoms with Crippen LogP contribution in [-0.4, -0.2) is 16.0 Å². The lowest BCUT2D eigenvalue weighted by Gasteiger charge is -2.08. The fourth-order valence-corrected chi connectivity index (χ4v) is 2.66. The van der Waals surface area contributed by atoms with Crippen molar-refractivity contribution in [3.63, 3.8) is 0 Å². The lowest BCUT2D eigenvalue weighted by atomic mass is 10.0. The minimum Gasteiger partial charge on any atom is -0.387 e. The zero-order valence-corrected chi connectivity index (χ0v) is 11.9. The molecule has 0 aliphatic carbocycles. The Labute approximate surface area is 116 Å². The van der Waals surface area contributed by atoms with Crippen molar-refractivity contribution in [2.45, 2.75) is 26.9 Å². The number of hydrogen-bond acceptors (Lipinski definition) is 4. The van der Waals surface area contributed by atoms with Crippen molar-refractivity contribution in [2.75, 3.05) is 5.32 Å². The molecule has 0 fully saturated rings. The Kier molecular flexibility index (Phi) is 3.97. The van der Waals surface area contributed by atoms with Gasteiger partial charge in [0.25, 0.3) is 5.91 Å². The van der Waals surface area contributed by atoms with Gasteiger partial charge in [0.15, 0.2) is 5.13 Å². The highest BCUT2D eigenvalue weighted by molar-refractivity contribution is 7.14. The van der Waals surface area contributed by atoms with Gasteiger partial charge in [0.1, 0.15) is 0 Å². The summed E-state index contributed by atoms with van der Waals surface area (Å²) in [5.74, 6) is -0.165. The molecule has 0 saturated carbocycles. The molecular formula is C14H16N2O2S. The van der Waals surface area contributed by atoms with E-state index in [-0.39, 0.29) is 5.91 Å². The number of aliphatic hydroxyl groups excluding tert-OH is 1. The van der Waals surface area contributed by atoms with Gasteiger partial charge in [-0.15, -0.1) is 11.3 Å². The molecule has 1 amide bonds. The van der Waals surface area contributed by atoms with E-state index in [0.29, 0.717) is 16.4 Å². The maximum Gasteiger partial charge on any atom is 0.257 e. The number of thiazole rings is 1. The number of nitrogens with zero attached hydrogens (tertiary/aromatic N) is 1. The first-order valence-corrected chi connectivity index (χ1v) is 6.88. The maximum atomic E-state index is 12.2. The Morgan fingerprint density at radius 1 is 1.37 bits per heavy atom. The second-order valence-corrected chi connectivity index (χ2v) is 5.33. The van der Waals surface area contributed by atoms with Crippen LogP contribution in [0.15, 0.2) is 23.6 Å². The molecule has 0 radical (unpaired) electrons. The van der Waals surface area contributed by atoms with Gasteiger partial charge in [0.2, 0.25) is 0 Å². The van der Waals surface area contributed by atoms with Gasteiger partial charge in [0, 0.05) is 10.9 Å². The van der Waals surface area contributed by atoms with Gasteiger partial charge >= 0.3 is 0 Å². The van der Waals surface area contributed by atoms with Crippen LogP contribution in [0.4, 0.5) is 5.13 Å². The summed E-state index contributed by atoms with van der Waals surface area (Å²) >= 11 is 1.31. The number of rotatable bonds is 3. The van der Waals surface area contributed by atoms with Crippen LogP contribution in [0.2, 0.25) is 0 Å². The minimum absolute atomic E-state index is 0.165. The third kappa shape index (κ3) is 3.00. The number of aromatic nitrogens is 1. The summed E-state index contributed by atoms with van der Waals surface area (Å²) in [6, 6.07) is 5.74. The number of hydrogen-bond donors (Lipinski definition) is 2. The fraction of sp³-hybridized carbons (Fsp3) is 0.286. The van der Waals surface area contributed by atoms with E-state index in [0.717, 1.165) is 11.1 Å². The fourth-order valence-electron chi connectivity index (χ4n) is 1.87. The highest BCUT2D eigenvalue weighted by Gasteiger charge is 2.14. The lowest BCUT2D eigenvalue weighted by Crippen LogP contribution is -2.14. The van der Waals surface area contributed by atoms with Crippen LogP contribution >= 0.6 is 11.3 Å². The van der Waals surface area contributed by atoms with Crippen LogP contribution in [-0.2, 0) is 0 Å². The van der Waals surface area contributed by atoms with E-state index in [1.807, 2.05) is 32.0 Å². The summed E-state index contributed by atoms with van der Waals surface area (Å²) in [5.41, 5.74) is 3.12. The number of aryl methyl sites for hydroxylation is 2. The summed E-state index contributed by atoms with van der Waals surface area (Å²) in [6.45, 7) is 5.46. The molecule has 0 aliphatic rings. The second-order valence-electron chi connectivity index (χ2n) is 4.47. The molecule has 5 heteroatoms. The second kappa shape index (κ2) is 5.50. The van der Waals surface area contributed by atoms with E-state index in [9.17, 15) is 9.90 Å². The Balaban J connectivity index is 2.21. The molecule has 2 aromatic rings. The molecule has 0 bridgehead atoms. The maximum absolute atomic E-state index is 12.2. The molecule has 4 nitrogen and oxygen atoms in total. The van der Waals surface area contributed by atoms with Crippen LogP contribution < -0.4 is 5.32 Å². The number of nitrogens with one attached hydrogen (secondary N) is 1. The zero-order valence-electron chi connectivity index (χ0n) is 11.1. The first-order valence-electron chi connectivity index (χ1n) is 6.00. The van der Waals surface area contributed by atoms with Gasteiger partial charge in [-0.3, -0.25) is 10.1 Å². The van der Waals surface area contributed by atoms with Crippen molar-refractivity contribution < 1.29 is 9.90 Å². The van der Waals surface area contributed by atoms with Gasteiger partial charge in [-0.05, 0) is 31.9 Å². The highest BCUT2D eigenvalue weighted by Crippen LogP contribution is 2.22. The summed E-state index contributed by atoms with van der Waals surface area (Å²) < 4.78 is 0. The van der Waals surface area contributed by atoms with Crippen LogP contribution in [0.25, 0.3) is 0 Å². The monoisotopic (exact) mass is 276 g/mol. The standard InChI is InChI=1S/C14H16N2O2S/c1-8-5-4-6-9(2)12(8)13(18)16-14-15-11(7-19-14)10(3)17/h4-7,10,17H,1-3H3,(H,15,16,18). The van der Waals surface area contributed by atoms with Gasteiger partial charge in [-0.2, -0.15) is 0 Å². The highest BCUT2D eigenvalue weighted by atomic mass is 32.1. The molecule has 0 spiro atoms.